The minimum atomic E-state index is -0.502. The van der Waals surface area contributed by atoms with Crippen LogP contribution in [0.15, 0.2) is 24.3 Å². The number of rotatable bonds is 7. The highest BCUT2D eigenvalue weighted by Crippen LogP contribution is 2.11. The Kier molecular flexibility index (Phi) is 6.22. The lowest BCUT2D eigenvalue weighted by Gasteiger charge is -2.08. The standard InChI is InChI=1S/C14H21NO3/c1-11-5-7-13(8-6-11)18-9-3-4-14(17)15-10-12(2)16/h5-8,12,16H,3-4,9-10H2,1-2H3,(H,15,17)/t12-/m0/s1. The normalized spacial score (nSPS) is 11.9. The van der Waals surface area contributed by atoms with Crippen molar-refractivity contribution in [3.05, 3.63) is 29.8 Å². The van der Waals surface area contributed by atoms with E-state index in [0.717, 1.165) is 5.75 Å². The van der Waals surface area contributed by atoms with E-state index >= 15 is 0 Å². The molecule has 1 aromatic carbocycles. The number of carbonyl (C=O) groups is 1. The molecule has 0 spiro atoms. The Labute approximate surface area is 108 Å². The van der Waals surface area contributed by atoms with E-state index in [1.807, 2.05) is 31.2 Å². The largest absolute Gasteiger partial charge is 0.494 e. The van der Waals surface area contributed by atoms with Gasteiger partial charge in [0.1, 0.15) is 5.75 Å². The first-order valence-corrected chi connectivity index (χ1v) is 6.22. The van der Waals surface area contributed by atoms with Gasteiger partial charge >= 0.3 is 0 Å². The van der Waals surface area contributed by atoms with Crippen molar-refractivity contribution >= 4 is 5.91 Å². The maximum Gasteiger partial charge on any atom is 0.220 e. The lowest BCUT2D eigenvalue weighted by atomic mass is 10.2. The van der Waals surface area contributed by atoms with Crippen molar-refractivity contribution in [2.75, 3.05) is 13.2 Å². The van der Waals surface area contributed by atoms with Crippen LogP contribution in [0.1, 0.15) is 25.3 Å². The molecule has 4 heteroatoms. The molecule has 100 valence electrons. The summed E-state index contributed by atoms with van der Waals surface area (Å²) in [5.41, 5.74) is 1.19. The van der Waals surface area contributed by atoms with Crippen LogP contribution in [0.25, 0.3) is 0 Å². The molecule has 1 aromatic rings. The number of hydrogen-bond acceptors (Lipinski definition) is 3. The summed E-state index contributed by atoms with van der Waals surface area (Å²) in [5, 5.41) is 11.6. The molecule has 0 aromatic heterocycles. The molecule has 1 amide bonds. The average Bonchev–Trinajstić information content (AvgIpc) is 2.34. The molecule has 0 saturated heterocycles. The highest BCUT2D eigenvalue weighted by molar-refractivity contribution is 5.75. The molecule has 0 saturated carbocycles. The van der Waals surface area contributed by atoms with Crippen molar-refractivity contribution in [2.45, 2.75) is 32.8 Å². The number of aliphatic hydroxyl groups is 1. The van der Waals surface area contributed by atoms with Gasteiger partial charge in [0, 0.05) is 13.0 Å². The van der Waals surface area contributed by atoms with Gasteiger partial charge in [0.15, 0.2) is 0 Å². The highest BCUT2D eigenvalue weighted by Gasteiger charge is 2.02. The smallest absolute Gasteiger partial charge is 0.220 e. The van der Waals surface area contributed by atoms with E-state index in [0.29, 0.717) is 26.0 Å². The molecule has 0 radical (unpaired) electrons. The van der Waals surface area contributed by atoms with E-state index in [1.54, 1.807) is 6.92 Å². The van der Waals surface area contributed by atoms with Gasteiger partial charge in [-0.3, -0.25) is 4.79 Å². The lowest BCUT2D eigenvalue weighted by molar-refractivity contribution is -0.121. The van der Waals surface area contributed by atoms with Crippen LogP contribution in [0.4, 0.5) is 0 Å². The first-order valence-electron chi connectivity index (χ1n) is 6.22. The van der Waals surface area contributed by atoms with E-state index in [2.05, 4.69) is 5.32 Å². The van der Waals surface area contributed by atoms with Gasteiger partial charge in [-0.25, -0.2) is 0 Å². The molecule has 2 N–H and O–H groups in total. The average molecular weight is 251 g/mol. The Balaban J connectivity index is 2.11. The Hall–Kier alpha value is -1.55. The first kappa shape index (κ1) is 14.5. The summed E-state index contributed by atoms with van der Waals surface area (Å²) in [4.78, 5) is 11.3. The maximum atomic E-state index is 11.3. The van der Waals surface area contributed by atoms with Gasteiger partial charge in [-0.15, -0.1) is 0 Å². The van der Waals surface area contributed by atoms with Crippen molar-refractivity contribution in [2.24, 2.45) is 0 Å². The molecule has 1 atom stereocenters. The number of amides is 1. The fraction of sp³-hybridized carbons (Fsp3) is 0.500. The Morgan fingerprint density at radius 1 is 1.39 bits per heavy atom. The van der Waals surface area contributed by atoms with Crippen LogP contribution in [0.2, 0.25) is 0 Å². The molecule has 0 aliphatic carbocycles. The third-order valence-corrected chi connectivity index (χ3v) is 2.43. The summed E-state index contributed by atoms with van der Waals surface area (Å²) < 4.78 is 5.51. The molecule has 18 heavy (non-hydrogen) atoms. The van der Waals surface area contributed by atoms with E-state index in [-0.39, 0.29) is 5.91 Å². The van der Waals surface area contributed by atoms with E-state index in [9.17, 15) is 4.79 Å². The van der Waals surface area contributed by atoms with Crippen LogP contribution in [0.3, 0.4) is 0 Å². The SMILES string of the molecule is Cc1ccc(OCCCC(=O)NC[C@H](C)O)cc1. The van der Waals surface area contributed by atoms with Crippen LogP contribution in [-0.2, 0) is 4.79 Å². The summed E-state index contributed by atoms with van der Waals surface area (Å²) in [6.45, 7) is 4.49. The van der Waals surface area contributed by atoms with E-state index in [4.69, 9.17) is 9.84 Å². The summed E-state index contributed by atoms with van der Waals surface area (Å²) in [6, 6.07) is 7.82. The van der Waals surface area contributed by atoms with Gasteiger partial charge in [0.05, 0.1) is 12.7 Å². The van der Waals surface area contributed by atoms with Crippen molar-refractivity contribution in [1.29, 1.82) is 0 Å². The third-order valence-electron chi connectivity index (χ3n) is 2.43. The van der Waals surface area contributed by atoms with Crippen LogP contribution >= 0.6 is 0 Å². The summed E-state index contributed by atoms with van der Waals surface area (Å²) >= 11 is 0. The second-order valence-electron chi connectivity index (χ2n) is 4.42. The number of hydrogen-bond donors (Lipinski definition) is 2. The quantitative estimate of drug-likeness (QED) is 0.724. The molecule has 1 rings (SSSR count). The van der Waals surface area contributed by atoms with Gasteiger partial charge in [-0.1, -0.05) is 17.7 Å². The Morgan fingerprint density at radius 3 is 2.67 bits per heavy atom. The molecule has 0 aliphatic heterocycles. The molecule has 0 heterocycles. The second kappa shape index (κ2) is 7.71. The van der Waals surface area contributed by atoms with Crippen LogP contribution in [0.5, 0.6) is 5.75 Å². The fourth-order valence-electron chi connectivity index (χ4n) is 1.41. The maximum absolute atomic E-state index is 11.3. The number of carbonyl (C=O) groups excluding carboxylic acids is 1. The predicted octanol–water partition coefficient (Wildman–Crippen LogP) is 1.65. The number of aryl methyl sites for hydroxylation is 1. The van der Waals surface area contributed by atoms with E-state index < -0.39 is 6.10 Å². The molecule has 0 unspecified atom stereocenters. The molecular weight excluding hydrogens is 230 g/mol. The molecule has 4 nitrogen and oxygen atoms in total. The number of aliphatic hydroxyl groups excluding tert-OH is 1. The molecule has 0 aliphatic rings. The molecular formula is C14H21NO3. The molecule has 0 bridgehead atoms. The monoisotopic (exact) mass is 251 g/mol. The van der Waals surface area contributed by atoms with Gasteiger partial charge in [0.2, 0.25) is 5.91 Å². The third kappa shape index (κ3) is 6.25. The van der Waals surface area contributed by atoms with Gasteiger partial charge in [-0.05, 0) is 32.4 Å². The fourth-order valence-corrected chi connectivity index (χ4v) is 1.41. The summed E-state index contributed by atoms with van der Waals surface area (Å²) in [5.74, 6) is 0.772. The summed E-state index contributed by atoms with van der Waals surface area (Å²) in [7, 11) is 0. The number of nitrogens with one attached hydrogen (secondary N) is 1. The van der Waals surface area contributed by atoms with Crippen molar-refractivity contribution < 1.29 is 14.6 Å². The first-order chi connectivity index (χ1) is 8.58. The Bertz CT molecular complexity index is 360. The van der Waals surface area contributed by atoms with Gasteiger partial charge in [-0.2, -0.15) is 0 Å². The van der Waals surface area contributed by atoms with Crippen LogP contribution in [-0.4, -0.2) is 30.3 Å². The highest BCUT2D eigenvalue weighted by atomic mass is 16.5. The minimum Gasteiger partial charge on any atom is -0.494 e. The zero-order valence-corrected chi connectivity index (χ0v) is 11.0. The zero-order valence-electron chi connectivity index (χ0n) is 11.0. The lowest BCUT2D eigenvalue weighted by Crippen LogP contribution is -2.30. The predicted molar refractivity (Wildman–Crippen MR) is 70.6 cm³/mol. The second-order valence-corrected chi connectivity index (χ2v) is 4.42. The Morgan fingerprint density at radius 2 is 2.06 bits per heavy atom. The van der Waals surface area contributed by atoms with Crippen molar-refractivity contribution in [3.63, 3.8) is 0 Å². The van der Waals surface area contributed by atoms with Gasteiger partial charge < -0.3 is 15.2 Å². The molecule has 0 fully saturated rings. The topological polar surface area (TPSA) is 58.6 Å². The van der Waals surface area contributed by atoms with Crippen molar-refractivity contribution in [1.82, 2.24) is 5.32 Å². The summed E-state index contributed by atoms with van der Waals surface area (Å²) in [6.07, 6.45) is 0.579. The zero-order chi connectivity index (χ0) is 13.4. The minimum absolute atomic E-state index is 0.0524. The number of ether oxygens (including phenoxy) is 1. The van der Waals surface area contributed by atoms with E-state index in [1.165, 1.54) is 5.56 Å². The van der Waals surface area contributed by atoms with Crippen LogP contribution in [0, 0.1) is 6.92 Å². The number of benzene rings is 1. The van der Waals surface area contributed by atoms with Crippen LogP contribution < -0.4 is 10.1 Å². The van der Waals surface area contributed by atoms with Crippen molar-refractivity contribution in [3.8, 4) is 5.75 Å². The van der Waals surface area contributed by atoms with Gasteiger partial charge in [0.25, 0.3) is 0 Å².